The van der Waals surface area contributed by atoms with Crippen LogP contribution >= 0.6 is 0 Å². The number of primary sulfonamides is 1. The van der Waals surface area contributed by atoms with Gasteiger partial charge in [0, 0.05) is 17.6 Å². The Morgan fingerprint density at radius 1 is 1.47 bits per heavy atom. The molecule has 2 rings (SSSR count). The zero-order valence-corrected chi connectivity index (χ0v) is 10.5. The van der Waals surface area contributed by atoms with Crippen molar-refractivity contribution in [2.75, 3.05) is 25.1 Å². The van der Waals surface area contributed by atoms with Crippen LogP contribution in [0.3, 0.4) is 0 Å². The summed E-state index contributed by atoms with van der Waals surface area (Å²) in [5.74, 6) is 0. The summed E-state index contributed by atoms with van der Waals surface area (Å²) in [5.41, 5.74) is 0.891. The molecule has 1 aliphatic rings. The van der Waals surface area contributed by atoms with Gasteiger partial charge in [-0.3, -0.25) is 0 Å². The van der Waals surface area contributed by atoms with Gasteiger partial charge in [-0.25, -0.2) is 13.6 Å². The van der Waals surface area contributed by atoms with E-state index in [4.69, 9.17) is 9.88 Å². The van der Waals surface area contributed by atoms with E-state index in [9.17, 15) is 8.42 Å². The number of ether oxygens (including phenoxy) is 1. The number of benzene rings is 1. The van der Waals surface area contributed by atoms with Gasteiger partial charge >= 0.3 is 0 Å². The average Bonchev–Trinajstić information content (AvgIpc) is 2.23. The van der Waals surface area contributed by atoms with Crippen molar-refractivity contribution in [2.45, 2.75) is 11.8 Å². The quantitative estimate of drug-likeness (QED) is 0.834. The summed E-state index contributed by atoms with van der Waals surface area (Å²) < 4.78 is 27.5. The van der Waals surface area contributed by atoms with Gasteiger partial charge < -0.3 is 10.1 Å². The van der Waals surface area contributed by atoms with E-state index in [0.29, 0.717) is 0 Å². The molecule has 3 N–H and O–H groups in total. The molecule has 0 aromatic heterocycles. The van der Waals surface area contributed by atoms with Gasteiger partial charge in [0.15, 0.2) is 0 Å². The molecule has 0 saturated carbocycles. The molecule has 1 heterocycles. The fourth-order valence-electron chi connectivity index (χ4n) is 1.65. The number of sulfonamides is 1. The molecule has 1 saturated heterocycles. The van der Waals surface area contributed by atoms with E-state index in [1.807, 2.05) is 6.07 Å². The number of rotatable bonds is 4. The lowest BCUT2D eigenvalue weighted by Gasteiger charge is -2.38. The third kappa shape index (κ3) is 2.96. The molecule has 1 aromatic carbocycles. The summed E-state index contributed by atoms with van der Waals surface area (Å²) in [6.07, 6.45) is 0. The molecule has 0 amide bonds. The summed E-state index contributed by atoms with van der Waals surface area (Å²) in [4.78, 5) is 0.123. The fourth-order valence-corrected chi connectivity index (χ4v) is 2.21. The highest BCUT2D eigenvalue weighted by Crippen LogP contribution is 2.27. The largest absolute Gasteiger partial charge is 0.384 e. The van der Waals surface area contributed by atoms with Crippen molar-refractivity contribution in [3.8, 4) is 0 Å². The van der Waals surface area contributed by atoms with Crippen LogP contribution < -0.4 is 10.5 Å². The lowest BCUT2D eigenvalue weighted by molar-refractivity contribution is -0.0924. The van der Waals surface area contributed by atoms with Gasteiger partial charge in [-0.1, -0.05) is 13.0 Å². The predicted octanol–water partition coefficient (Wildman–Crippen LogP) is 0.782. The van der Waals surface area contributed by atoms with Gasteiger partial charge in [-0.15, -0.1) is 0 Å². The van der Waals surface area contributed by atoms with Crippen LogP contribution in [-0.2, 0) is 14.8 Å². The first-order chi connectivity index (χ1) is 7.89. The lowest BCUT2D eigenvalue weighted by atomic mass is 9.89. The molecule has 94 valence electrons. The highest BCUT2D eigenvalue weighted by atomic mass is 32.2. The monoisotopic (exact) mass is 256 g/mol. The van der Waals surface area contributed by atoms with Gasteiger partial charge in [0.25, 0.3) is 0 Å². The van der Waals surface area contributed by atoms with Crippen molar-refractivity contribution < 1.29 is 13.2 Å². The second kappa shape index (κ2) is 4.29. The first-order valence-corrected chi connectivity index (χ1v) is 6.88. The molecule has 1 aliphatic heterocycles. The molecule has 5 nitrogen and oxygen atoms in total. The summed E-state index contributed by atoms with van der Waals surface area (Å²) in [7, 11) is -3.64. The maximum absolute atomic E-state index is 11.2. The van der Waals surface area contributed by atoms with Gasteiger partial charge in [0.1, 0.15) is 0 Å². The Morgan fingerprint density at radius 3 is 2.71 bits per heavy atom. The van der Waals surface area contributed by atoms with Crippen LogP contribution in [0.25, 0.3) is 0 Å². The molecule has 0 spiro atoms. The Labute approximate surface area is 101 Å². The normalized spacial score (nSPS) is 18.5. The number of anilines is 1. The van der Waals surface area contributed by atoms with Crippen LogP contribution in [0, 0.1) is 5.41 Å². The Balaban J connectivity index is 2.06. The summed E-state index contributed by atoms with van der Waals surface area (Å²) in [6, 6.07) is 6.51. The van der Waals surface area contributed by atoms with Crippen molar-refractivity contribution in [1.82, 2.24) is 0 Å². The number of hydrogen-bond donors (Lipinski definition) is 2. The van der Waals surface area contributed by atoms with Gasteiger partial charge in [-0.2, -0.15) is 0 Å². The van der Waals surface area contributed by atoms with Crippen LogP contribution in [0.5, 0.6) is 0 Å². The molecular weight excluding hydrogens is 240 g/mol. The predicted molar refractivity (Wildman–Crippen MR) is 65.2 cm³/mol. The number of hydrogen-bond acceptors (Lipinski definition) is 4. The summed E-state index contributed by atoms with van der Waals surface area (Å²) in [5, 5.41) is 8.27. The van der Waals surface area contributed by atoms with E-state index < -0.39 is 10.0 Å². The lowest BCUT2D eigenvalue weighted by Crippen LogP contribution is -2.45. The van der Waals surface area contributed by atoms with E-state index in [-0.39, 0.29) is 10.3 Å². The molecule has 17 heavy (non-hydrogen) atoms. The average molecular weight is 256 g/mol. The van der Waals surface area contributed by atoms with Crippen molar-refractivity contribution in [3.05, 3.63) is 24.3 Å². The van der Waals surface area contributed by atoms with Crippen LogP contribution in [-0.4, -0.2) is 28.2 Å². The van der Waals surface area contributed by atoms with Crippen molar-refractivity contribution >= 4 is 15.7 Å². The molecule has 6 heteroatoms. The second-order valence-corrected chi connectivity index (χ2v) is 6.29. The Morgan fingerprint density at radius 2 is 2.18 bits per heavy atom. The van der Waals surface area contributed by atoms with Crippen molar-refractivity contribution in [1.29, 1.82) is 0 Å². The maximum Gasteiger partial charge on any atom is 0.238 e. The third-order valence-corrected chi connectivity index (χ3v) is 3.69. The Bertz CT molecular complexity index is 509. The van der Waals surface area contributed by atoms with Gasteiger partial charge in [0.05, 0.1) is 18.1 Å². The maximum atomic E-state index is 11.2. The van der Waals surface area contributed by atoms with E-state index in [1.54, 1.807) is 6.07 Å². The van der Waals surface area contributed by atoms with Crippen LogP contribution in [0.2, 0.25) is 0 Å². The Hall–Kier alpha value is -1.11. The first-order valence-electron chi connectivity index (χ1n) is 5.34. The van der Waals surface area contributed by atoms with Crippen LogP contribution in [0.15, 0.2) is 29.2 Å². The molecular formula is C11H16N2O3S. The van der Waals surface area contributed by atoms with E-state index in [1.165, 1.54) is 12.1 Å². The van der Waals surface area contributed by atoms with E-state index >= 15 is 0 Å². The SMILES string of the molecule is CC1(CNc2cccc(S(N)(=O)=O)c2)COC1. The van der Waals surface area contributed by atoms with Gasteiger partial charge in [-0.05, 0) is 18.2 Å². The minimum atomic E-state index is -3.64. The first kappa shape index (κ1) is 12.3. The molecule has 0 bridgehead atoms. The molecule has 1 aromatic rings. The number of nitrogens with two attached hydrogens (primary N) is 1. The molecule has 0 radical (unpaired) electrons. The third-order valence-electron chi connectivity index (χ3n) is 2.78. The number of nitrogens with one attached hydrogen (secondary N) is 1. The molecule has 1 fully saturated rings. The van der Waals surface area contributed by atoms with E-state index in [0.717, 1.165) is 25.4 Å². The standard InChI is InChI=1S/C11H16N2O3S/c1-11(7-16-8-11)6-13-9-3-2-4-10(5-9)17(12,14)15/h2-5,13H,6-8H2,1H3,(H2,12,14,15). The zero-order chi connectivity index (χ0) is 12.5. The second-order valence-electron chi connectivity index (χ2n) is 4.73. The minimum absolute atomic E-state index is 0.123. The van der Waals surface area contributed by atoms with Crippen LogP contribution in [0.1, 0.15) is 6.92 Å². The van der Waals surface area contributed by atoms with Crippen molar-refractivity contribution in [3.63, 3.8) is 0 Å². The molecule has 0 atom stereocenters. The van der Waals surface area contributed by atoms with E-state index in [2.05, 4.69) is 12.2 Å². The van der Waals surface area contributed by atoms with Crippen molar-refractivity contribution in [2.24, 2.45) is 10.6 Å². The summed E-state index contributed by atoms with van der Waals surface area (Å²) >= 11 is 0. The fraction of sp³-hybridized carbons (Fsp3) is 0.455. The molecule has 0 aliphatic carbocycles. The van der Waals surface area contributed by atoms with Gasteiger partial charge in [0.2, 0.25) is 10.0 Å². The minimum Gasteiger partial charge on any atom is -0.384 e. The topological polar surface area (TPSA) is 81.4 Å². The van der Waals surface area contributed by atoms with Crippen LogP contribution in [0.4, 0.5) is 5.69 Å². The Kier molecular flexibility index (Phi) is 3.11. The molecule has 0 unspecified atom stereocenters. The highest BCUT2D eigenvalue weighted by Gasteiger charge is 2.32. The highest BCUT2D eigenvalue weighted by molar-refractivity contribution is 7.89. The smallest absolute Gasteiger partial charge is 0.238 e. The summed E-state index contributed by atoms with van der Waals surface area (Å²) in [6.45, 7) is 4.33. The zero-order valence-electron chi connectivity index (χ0n) is 9.64.